The van der Waals surface area contributed by atoms with Gasteiger partial charge in [-0.15, -0.1) is 0 Å². The highest BCUT2D eigenvalue weighted by atomic mass is 32.2. The summed E-state index contributed by atoms with van der Waals surface area (Å²) in [6.07, 6.45) is 5.67. The molecule has 10 nitrogen and oxygen atoms in total. The first-order valence-electron chi connectivity index (χ1n) is 11.3. The van der Waals surface area contributed by atoms with Gasteiger partial charge in [0.2, 0.25) is 0 Å². The molecule has 4 aromatic rings. The van der Waals surface area contributed by atoms with E-state index in [1.807, 2.05) is 4.68 Å². The summed E-state index contributed by atoms with van der Waals surface area (Å²) in [6.45, 7) is 5.59. The third-order valence-corrected chi connectivity index (χ3v) is 7.38. The third kappa shape index (κ3) is 4.85. The smallest absolute Gasteiger partial charge is 0.263 e. The van der Waals surface area contributed by atoms with Gasteiger partial charge in [0.25, 0.3) is 15.9 Å². The van der Waals surface area contributed by atoms with E-state index in [0.717, 1.165) is 11.0 Å². The molecule has 0 saturated heterocycles. The molecule has 0 bridgehead atoms. The molecule has 2 N–H and O–H groups in total. The van der Waals surface area contributed by atoms with Crippen LogP contribution in [0.15, 0.2) is 53.7 Å². The van der Waals surface area contributed by atoms with Crippen LogP contribution in [0.2, 0.25) is 0 Å². The van der Waals surface area contributed by atoms with Crippen molar-refractivity contribution in [3.05, 3.63) is 65.9 Å². The van der Waals surface area contributed by atoms with Crippen LogP contribution < -0.4 is 10.0 Å². The van der Waals surface area contributed by atoms with Crippen molar-refractivity contribution in [2.45, 2.75) is 44.6 Å². The molecule has 180 valence electrons. The second-order valence-corrected chi connectivity index (χ2v) is 10.5. The number of rotatable bonds is 7. The summed E-state index contributed by atoms with van der Waals surface area (Å²) in [5, 5.41) is 8.05. The van der Waals surface area contributed by atoms with Crippen LogP contribution in [0.1, 0.15) is 47.7 Å². The standard InChI is InChI=1S/C24H25N7O3S/c1-14-10-22(28-16(3)27-14)30-35(33,34)21-8-6-20(7-9-21)29-24(32)19-11-18-13-26-31(23(18)25-12-19)15(2)17-4-5-17/h6-13,15,17H,4-5H2,1-3H3,(H,29,32)(H,27,28,30). The molecule has 1 amide bonds. The fourth-order valence-electron chi connectivity index (χ4n) is 4.03. The Bertz CT molecular complexity index is 1510. The highest BCUT2D eigenvalue weighted by molar-refractivity contribution is 7.92. The lowest BCUT2D eigenvalue weighted by atomic mass is 10.2. The maximum atomic E-state index is 12.8. The number of pyridine rings is 1. The number of hydrogen-bond donors (Lipinski definition) is 2. The number of carbonyl (C=O) groups is 1. The second-order valence-electron chi connectivity index (χ2n) is 8.83. The summed E-state index contributed by atoms with van der Waals surface area (Å²) in [5.74, 6) is 0.963. The van der Waals surface area contributed by atoms with Crippen molar-refractivity contribution in [2.24, 2.45) is 5.92 Å². The first-order chi connectivity index (χ1) is 16.7. The Morgan fingerprint density at radius 1 is 1.09 bits per heavy atom. The minimum absolute atomic E-state index is 0.0460. The second kappa shape index (κ2) is 8.73. The SMILES string of the molecule is Cc1cc(NS(=O)(=O)c2ccc(NC(=O)c3cnc4c(cnn4C(C)C4CC4)c3)cc2)nc(C)n1. The Labute approximate surface area is 202 Å². The summed E-state index contributed by atoms with van der Waals surface area (Å²) < 4.78 is 29.8. The number of nitrogens with one attached hydrogen (secondary N) is 2. The number of anilines is 2. The predicted molar refractivity (Wildman–Crippen MR) is 132 cm³/mol. The molecule has 5 rings (SSSR count). The van der Waals surface area contributed by atoms with E-state index >= 15 is 0 Å². The van der Waals surface area contributed by atoms with Crippen LogP contribution in [0.4, 0.5) is 11.5 Å². The Kier molecular flexibility index (Phi) is 5.72. The maximum Gasteiger partial charge on any atom is 0.263 e. The minimum atomic E-state index is -3.85. The minimum Gasteiger partial charge on any atom is -0.322 e. The summed E-state index contributed by atoms with van der Waals surface area (Å²) in [6, 6.07) is 9.50. The van der Waals surface area contributed by atoms with Gasteiger partial charge in [-0.2, -0.15) is 5.10 Å². The maximum absolute atomic E-state index is 12.8. The molecule has 3 heterocycles. The number of amides is 1. The van der Waals surface area contributed by atoms with E-state index in [-0.39, 0.29) is 22.7 Å². The van der Waals surface area contributed by atoms with E-state index in [1.54, 1.807) is 32.2 Å². The molecule has 1 aliphatic carbocycles. The molecule has 1 aliphatic rings. The summed E-state index contributed by atoms with van der Waals surface area (Å²) in [4.78, 5) is 25.6. The number of sulfonamides is 1. The summed E-state index contributed by atoms with van der Waals surface area (Å²) in [5.41, 5.74) is 2.27. The first-order valence-corrected chi connectivity index (χ1v) is 12.8. The predicted octanol–water partition coefficient (Wildman–Crippen LogP) is 3.86. The molecule has 1 fully saturated rings. The monoisotopic (exact) mass is 491 g/mol. The number of hydrogen-bond acceptors (Lipinski definition) is 7. The quantitative estimate of drug-likeness (QED) is 0.401. The Balaban J connectivity index is 1.29. The molecule has 3 aromatic heterocycles. The van der Waals surface area contributed by atoms with Crippen LogP contribution >= 0.6 is 0 Å². The van der Waals surface area contributed by atoms with Crippen molar-refractivity contribution in [3.63, 3.8) is 0 Å². The van der Waals surface area contributed by atoms with Gasteiger partial charge in [-0.1, -0.05) is 0 Å². The van der Waals surface area contributed by atoms with Crippen molar-refractivity contribution >= 4 is 38.5 Å². The number of fused-ring (bicyclic) bond motifs is 1. The van der Waals surface area contributed by atoms with Crippen molar-refractivity contribution < 1.29 is 13.2 Å². The Morgan fingerprint density at radius 2 is 1.83 bits per heavy atom. The lowest BCUT2D eigenvalue weighted by Crippen LogP contribution is -2.15. The zero-order valence-electron chi connectivity index (χ0n) is 19.6. The van der Waals surface area contributed by atoms with Crippen molar-refractivity contribution in [1.29, 1.82) is 0 Å². The van der Waals surface area contributed by atoms with Crippen LogP contribution in [0.25, 0.3) is 11.0 Å². The van der Waals surface area contributed by atoms with E-state index in [2.05, 4.69) is 37.0 Å². The molecule has 1 unspecified atom stereocenters. The molecular formula is C24H25N7O3S. The van der Waals surface area contributed by atoms with Crippen LogP contribution in [-0.4, -0.2) is 39.1 Å². The normalized spacial score (nSPS) is 14.6. The van der Waals surface area contributed by atoms with Crippen LogP contribution in [0.3, 0.4) is 0 Å². The van der Waals surface area contributed by atoms with Gasteiger partial charge in [0.05, 0.1) is 22.7 Å². The van der Waals surface area contributed by atoms with Gasteiger partial charge >= 0.3 is 0 Å². The van der Waals surface area contributed by atoms with Crippen molar-refractivity contribution in [3.8, 4) is 0 Å². The summed E-state index contributed by atoms with van der Waals surface area (Å²) >= 11 is 0. The highest BCUT2D eigenvalue weighted by Gasteiger charge is 2.30. The van der Waals surface area contributed by atoms with Gasteiger partial charge in [-0.05, 0) is 69.9 Å². The highest BCUT2D eigenvalue weighted by Crippen LogP contribution is 2.40. The zero-order chi connectivity index (χ0) is 24.7. The number of nitrogens with zero attached hydrogens (tertiary/aromatic N) is 5. The van der Waals surface area contributed by atoms with Gasteiger partial charge in [0.15, 0.2) is 5.65 Å². The molecule has 1 atom stereocenters. The molecule has 1 saturated carbocycles. The number of carbonyl (C=O) groups excluding carboxylic acids is 1. The fraction of sp³-hybridized carbons (Fsp3) is 0.292. The van der Waals surface area contributed by atoms with Gasteiger partial charge in [0.1, 0.15) is 11.6 Å². The molecule has 11 heteroatoms. The molecule has 0 radical (unpaired) electrons. The molecule has 1 aromatic carbocycles. The van der Waals surface area contributed by atoms with Crippen LogP contribution in [0, 0.1) is 19.8 Å². The van der Waals surface area contributed by atoms with Gasteiger partial charge in [-0.3, -0.25) is 9.52 Å². The fourth-order valence-corrected chi connectivity index (χ4v) is 5.02. The molecule has 0 spiro atoms. The topological polar surface area (TPSA) is 132 Å². The van der Waals surface area contributed by atoms with E-state index < -0.39 is 10.0 Å². The largest absolute Gasteiger partial charge is 0.322 e. The molecular weight excluding hydrogens is 466 g/mol. The van der Waals surface area contributed by atoms with Crippen molar-refractivity contribution in [1.82, 2.24) is 24.7 Å². The zero-order valence-corrected chi connectivity index (χ0v) is 20.4. The number of benzene rings is 1. The average Bonchev–Trinajstić information content (AvgIpc) is 3.57. The van der Waals surface area contributed by atoms with Gasteiger partial charge < -0.3 is 5.32 Å². The Morgan fingerprint density at radius 3 is 2.51 bits per heavy atom. The third-order valence-electron chi connectivity index (χ3n) is 6.01. The number of aromatic nitrogens is 5. The molecule has 0 aliphatic heterocycles. The summed E-state index contributed by atoms with van der Waals surface area (Å²) in [7, 11) is -3.85. The molecule has 35 heavy (non-hydrogen) atoms. The van der Waals surface area contributed by atoms with Gasteiger partial charge in [-0.25, -0.2) is 28.1 Å². The average molecular weight is 492 g/mol. The van der Waals surface area contributed by atoms with Crippen LogP contribution in [0.5, 0.6) is 0 Å². The van der Waals surface area contributed by atoms with Gasteiger partial charge in [0, 0.05) is 29.0 Å². The van der Waals surface area contributed by atoms with Crippen molar-refractivity contribution in [2.75, 3.05) is 10.0 Å². The Hall–Kier alpha value is -3.86. The first kappa shape index (κ1) is 22.9. The lowest BCUT2D eigenvalue weighted by molar-refractivity contribution is 0.102. The lowest BCUT2D eigenvalue weighted by Gasteiger charge is -2.11. The number of aryl methyl sites for hydroxylation is 2. The van der Waals surface area contributed by atoms with E-state index in [4.69, 9.17) is 0 Å². The van der Waals surface area contributed by atoms with E-state index in [1.165, 1.54) is 43.3 Å². The van der Waals surface area contributed by atoms with Crippen LogP contribution in [-0.2, 0) is 10.0 Å². The van der Waals surface area contributed by atoms with E-state index in [0.29, 0.717) is 28.7 Å². The van der Waals surface area contributed by atoms with E-state index in [9.17, 15) is 13.2 Å².